The standard InChI is InChI=1S/C83H162O17P2/c1-9-75(7)61-53-45-37-29-23-19-15-13-11-12-14-16-22-26-32-40-49-57-65-82(87)99-78(69-93-80(85)63-55-47-39-31-25-21-18-17-20-24-30-38-46-54-62-76(8)10-2)71-97-101(89,90)95-67-77(84)68-96-102(91,92)98-72-79(70-94-81(86)64-56-48-42-34-36-44-52-60-74(5)6)100-83(88)66-58-50-41-33-27-28-35-43-51-59-73(3)4/h73-79,84H,9-72H2,1-8H3,(H,89,90)(H,91,92)/t75?,76?,77?,78-,79-/m1/s1. The lowest BCUT2D eigenvalue weighted by molar-refractivity contribution is -0.161. The van der Waals surface area contributed by atoms with Crippen molar-refractivity contribution in [2.45, 2.75) is 446 Å². The predicted octanol–water partition coefficient (Wildman–Crippen LogP) is 24.8. The maximum atomic E-state index is 13.1. The fraction of sp³-hybridized carbons (Fsp3) is 0.952. The lowest BCUT2D eigenvalue weighted by atomic mass is 9.99. The van der Waals surface area contributed by atoms with Gasteiger partial charge in [-0.2, -0.15) is 0 Å². The van der Waals surface area contributed by atoms with E-state index in [1.165, 1.54) is 225 Å². The zero-order valence-electron chi connectivity index (χ0n) is 67.2. The first-order valence-corrected chi connectivity index (χ1v) is 45.8. The maximum Gasteiger partial charge on any atom is 0.472 e. The summed E-state index contributed by atoms with van der Waals surface area (Å²) in [5.74, 6) is 1.05. The first kappa shape index (κ1) is 100. The first-order valence-electron chi connectivity index (χ1n) is 42.8. The highest BCUT2D eigenvalue weighted by Crippen LogP contribution is 2.45. The van der Waals surface area contributed by atoms with Crippen LogP contribution in [0.5, 0.6) is 0 Å². The molecule has 0 fully saturated rings. The number of phosphoric ester groups is 2. The summed E-state index contributed by atoms with van der Waals surface area (Å²) in [6.45, 7) is 14.3. The highest BCUT2D eigenvalue weighted by Gasteiger charge is 2.30. The molecule has 0 aromatic carbocycles. The molecule has 102 heavy (non-hydrogen) atoms. The summed E-state index contributed by atoms with van der Waals surface area (Å²) in [6, 6.07) is 0. The molecule has 5 unspecified atom stereocenters. The summed E-state index contributed by atoms with van der Waals surface area (Å²) in [7, 11) is -9.92. The average molecular weight is 1490 g/mol. The van der Waals surface area contributed by atoms with Crippen LogP contribution in [0.1, 0.15) is 428 Å². The average Bonchev–Trinajstić information content (AvgIpc) is 0.913. The van der Waals surface area contributed by atoms with Gasteiger partial charge in [-0.05, 0) is 49.4 Å². The van der Waals surface area contributed by atoms with Crippen LogP contribution in [0.4, 0.5) is 0 Å². The summed E-state index contributed by atoms with van der Waals surface area (Å²) in [5, 5.41) is 10.6. The third-order valence-corrected chi connectivity index (χ3v) is 21.9. The molecule has 0 aliphatic heterocycles. The van der Waals surface area contributed by atoms with Gasteiger partial charge in [0, 0.05) is 25.7 Å². The molecule has 606 valence electrons. The van der Waals surface area contributed by atoms with Gasteiger partial charge in [-0.25, -0.2) is 9.13 Å². The van der Waals surface area contributed by atoms with Gasteiger partial charge in [0.05, 0.1) is 26.4 Å². The molecule has 0 heterocycles. The van der Waals surface area contributed by atoms with Crippen molar-refractivity contribution >= 4 is 39.5 Å². The number of phosphoric acid groups is 2. The number of aliphatic hydroxyl groups is 1. The molecular weight excluding hydrogens is 1330 g/mol. The molecule has 0 aromatic rings. The number of carbonyl (C=O) groups is 4. The Morgan fingerprint density at radius 3 is 0.696 bits per heavy atom. The van der Waals surface area contributed by atoms with E-state index in [2.05, 4.69) is 55.4 Å². The number of hydrogen-bond acceptors (Lipinski definition) is 15. The van der Waals surface area contributed by atoms with E-state index >= 15 is 0 Å². The number of hydrogen-bond donors (Lipinski definition) is 3. The number of ether oxygens (including phenoxy) is 4. The Hall–Kier alpha value is -1.94. The van der Waals surface area contributed by atoms with E-state index < -0.39 is 97.5 Å². The van der Waals surface area contributed by atoms with Gasteiger partial charge in [0.25, 0.3) is 0 Å². The minimum atomic E-state index is -4.96. The molecule has 7 atom stereocenters. The van der Waals surface area contributed by atoms with Crippen LogP contribution in [0.2, 0.25) is 0 Å². The van der Waals surface area contributed by atoms with Crippen LogP contribution in [-0.4, -0.2) is 96.7 Å². The number of rotatable bonds is 80. The van der Waals surface area contributed by atoms with Crippen molar-refractivity contribution in [2.24, 2.45) is 23.7 Å². The summed E-state index contributed by atoms with van der Waals surface area (Å²) < 4.78 is 68.7. The highest BCUT2D eigenvalue weighted by molar-refractivity contribution is 7.47. The Kier molecular flexibility index (Phi) is 70.6. The van der Waals surface area contributed by atoms with Gasteiger partial charge in [0.2, 0.25) is 0 Å². The molecular formula is C83H162O17P2. The second kappa shape index (κ2) is 72.0. The molecule has 0 amide bonds. The van der Waals surface area contributed by atoms with Crippen molar-refractivity contribution in [3.05, 3.63) is 0 Å². The quantitative estimate of drug-likeness (QED) is 0.0222. The topological polar surface area (TPSA) is 237 Å². The molecule has 19 heteroatoms. The van der Waals surface area contributed by atoms with E-state index in [9.17, 15) is 43.2 Å². The lowest BCUT2D eigenvalue weighted by Crippen LogP contribution is -2.30. The molecule has 0 radical (unpaired) electrons. The van der Waals surface area contributed by atoms with E-state index in [1.807, 2.05) is 0 Å². The Balaban J connectivity index is 5.22. The Bertz CT molecular complexity index is 1990. The molecule has 0 bridgehead atoms. The normalized spacial score (nSPS) is 14.5. The molecule has 0 aliphatic carbocycles. The SMILES string of the molecule is CCC(C)CCCCCCCCCCCCCCCCCCCCC(=O)O[C@H](COC(=O)CCCCCCCCCCCCCCCCC(C)CC)COP(=O)(O)OCC(O)COP(=O)(O)OC[C@@H](COC(=O)CCCCCCCCCC(C)C)OC(=O)CCCCCCCCCCCC(C)C. The van der Waals surface area contributed by atoms with Crippen molar-refractivity contribution in [2.75, 3.05) is 39.6 Å². The van der Waals surface area contributed by atoms with E-state index in [4.69, 9.17) is 37.0 Å². The van der Waals surface area contributed by atoms with Crippen LogP contribution in [0.25, 0.3) is 0 Å². The van der Waals surface area contributed by atoms with Gasteiger partial charge >= 0.3 is 39.5 Å². The van der Waals surface area contributed by atoms with Crippen molar-refractivity contribution in [1.82, 2.24) is 0 Å². The Morgan fingerprint density at radius 2 is 0.471 bits per heavy atom. The fourth-order valence-corrected chi connectivity index (χ4v) is 14.3. The fourth-order valence-electron chi connectivity index (χ4n) is 12.7. The number of carbonyl (C=O) groups excluding carboxylic acids is 4. The summed E-state index contributed by atoms with van der Waals surface area (Å²) in [6.07, 6.45) is 59.8. The molecule has 0 aliphatic rings. The second-order valence-corrected chi connectivity index (χ2v) is 34.2. The van der Waals surface area contributed by atoms with Crippen LogP contribution >= 0.6 is 15.6 Å². The Labute approximate surface area is 626 Å². The number of esters is 4. The van der Waals surface area contributed by atoms with Crippen molar-refractivity contribution in [3.8, 4) is 0 Å². The molecule has 0 rings (SSSR count). The van der Waals surface area contributed by atoms with Crippen molar-refractivity contribution in [3.63, 3.8) is 0 Å². The molecule has 0 aromatic heterocycles. The number of unbranched alkanes of at least 4 members (excludes halogenated alkanes) is 44. The van der Waals surface area contributed by atoms with Gasteiger partial charge < -0.3 is 33.8 Å². The second-order valence-electron chi connectivity index (χ2n) is 31.3. The van der Waals surface area contributed by atoms with Crippen LogP contribution in [0.3, 0.4) is 0 Å². The van der Waals surface area contributed by atoms with Gasteiger partial charge in [-0.1, -0.05) is 376 Å². The van der Waals surface area contributed by atoms with Crippen molar-refractivity contribution < 1.29 is 80.2 Å². The molecule has 0 saturated carbocycles. The van der Waals surface area contributed by atoms with Crippen LogP contribution in [0, 0.1) is 23.7 Å². The summed E-state index contributed by atoms with van der Waals surface area (Å²) in [5.41, 5.74) is 0. The molecule has 0 saturated heterocycles. The summed E-state index contributed by atoms with van der Waals surface area (Å²) in [4.78, 5) is 73.0. The zero-order chi connectivity index (χ0) is 75.3. The maximum absolute atomic E-state index is 13.1. The molecule has 0 spiro atoms. The van der Waals surface area contributed by atoms with E-state index in [0.717, 1.165) is 114 Å². The largest absolute Gasteiger partial charge is 0.472 e. The van der Waals surface area contributed by atoms with Crippen LogP contribution in [0.15, 0.2) is 0 Å². The van der Waals surface area contributed by atoms with Gasteiger partial charge in [-0.15, -0.1) is 0 Å². The summed E-state index contributed by atoms with van der Waals surface area (Å²) >= 11 is 0. The Morgan fingerprint density at radius 1 is 0.275 bits per heavy atom. The highest BCUT2D eigenvalue weighted by atomic mass is 31.2. The first-order chi connectivity index (χ1) is 49.2. The third kappa shape index (κ3) is 73.6. The zero-order valence-corrected chi connectivity index (χ0v) is 69.0. The minimum absolute atomic E-state index is 0.104. The predicted molar refractivity (Wildman–Crippen MR) is 418 cm³/mol. The smallest absolute Gasteiger partial charge is 0.462 e. The van der Waals surface area contributed by atoms with Crippen LogP contribution in [-0.2, 0) is 65.4 Å². The third-order valence-electron chi connectivity index (χ3n) is 20.0. The van der Waals surface area contributed by atoms with E-state index in [1.54, 1.807) is 0 Å². The van der Waals surface area contributed by atoms with Gasteiger partial charge in [0.15, 0.2) is 12.2 Å². The van der Waals surface area contributed by atoms with Crippen molar-refractivity contribution in [1.29, 1.82) is 0 Å². The van der Waals surface area contributed by atoms with E-state index in [0.29, 0.717) is 31.6 Å². The van der Waals surface area contributed by atoms with Crippen LogP contribution < -0.4 is 0 Å². The molecule has 3 N–H and O–H groups in total. The van der Waals surface area contributed by atoms with Gasteiger partial charge in [-0.3, -0.25) is 37.3 Å². The lowest BCUT2D eigenvalue weighted by Gasteiger charge is -2.21. The van der Waals surface area contributed by atoms with Gasteiger partial charge in [0.1, 0.15) is 19.3 Å². The van der Waals surface area contributed by atoms with E-state index in [-0.39, 0.29) is 25.7 Å². The number of aliphatic hydroxyl groups excluding tert-OH is 1. The monoisotopic (exact) mass is 1490 g/mol. The molecule has 17 nitrogen and oxygen atoms in total. The minimum Gasteiger partial charge on any atom is -0.462 e.